The van der Waals surface area contributed by atoms with Gasteiger partial charge in [-0.2, -0.15) is 0 Å². The molecule has 0 saturated carbocycles. The van der Waals surface area contributed by atoms with Crippen LogP contribution < -0.4 is 0 Å². The molecule has 0 bridgehead atoms. The van der Waals surface area contributed by atoms with Gasteiger partial charge in [0.2, 0.25) is 0 Å². The summed E-state index contributed by atoms with van der Waals surface area (Å²) < 4.78 is 1.84. The molecular weight excluding hydrogens is 256 g/mol. The van der Waals surface area contributed by atoms with Crippen molar-refractivity contribution in [3.8, 4) is 0 Å². The molecular formula is C14H16N4S. The van der Waals surface area contributed by atoms with E-state index in [2.05, 4.69) is 23.9 Å². The highest BCUT2D eigenvalue weighted by molar-refractivity contribution is 7.19. The summed E-state index contributed by atoms with van der Waals surface area (Å²) in [4.78, 5) is 11.9. The third-order valence-electron chi connectivity index (χ3n) is 4.04. The van der Waals surface area contributed by atoms with E-state index in [1.165, 1.54) is 35.1 Å². The molecule has 0 aromatic carbocycles. The van der Waals surface area contributed by atoms with Gasteiger partial charge in [-0.25, -0.2) is 14.5 Å². The van der Waals surface area contributed by atoms with Crippen LogP contribution in [0.5, 0.6) is 0 Å². The van der Waals surface area contributed by atoms with Crippen molar-refractivity contribution in [2.75, 3.05) is 0 Å². The van der Waals surface area contributed by atoms with E-state index in [1.54, 1.807) is 6.33 Å². The smallest absolute Gasteiger partial charge is 0.167 e. The van der Waals surface area contributed by atoms with Crippen LogP contribution in [0.1, 0.15) is 48.9 Å². The zero-order valence-electron chi connectivity index (χ0n) is 11.2. The molecule has 0 spiro atoms. The first-order valence-electron chi connectivity index (χ1n) is 6.93. The summed E-state index contributed by atoms with van der Waals surface area (Å²) in [5, 5.41) is 5.73. The monoisotopic (exact) mass is 272 g/mol. The van der Waals surface area contributed by atoms with E-state index < -0.39 is 0 Å². The second kappa shape index (κ2) is 4.00. The first-order valence-corrected chi connectivity index (χ1v) is 7.75. The first kappa shape index (κ1) is 11.3. The van der Waals surface area contributed by atoms with Crippen molar-refractivity contribution in [3.63, 3.8) is 0 Å². The Kier molecular flexibility index (Phi) is 2.39. The molecule has 4 rings (SSSR count). The average molecular weight is 272 g/mol. The summed E-state index contributed by atoms with van der Waals surface area (Å²) in [6, 6.07) is 0. The molecule has 0 radical (unpaired) electrons. The van der Waals surface area contributed by atoms with Gasteiger partial charge in [0.15, 0.2) is 11.5 Å². The van der Waals surface area contributed by atoms with E-state index in [9.17, 15) is 0 Å². The maximum absolute atomic E-state index is 4.69. The average Bonchev–Trinajstić information content (AvgIpc) is 2.98. The van der Waals surface area contributed by atoms with E-state index in [1.807, 2.05) is 15.9 Å². The van der Waals surface area contributed by atoms with Crippen LogP contribution in [0.2, 0.25) is 0 Å². The largest absolute Gasteiger partial charge is 0.225 e. The van der Waals surface area contributed by atoms with Crippen molar-refractivity contribution in [3.05, 3.63) is 22.6 Å². The molecule has 0 unspecified atom stereocenters. The highest BCUT2D eigenvalue weighted by Crippen LogP contribution is 2.42. The van der Waals surface area contributed by atoms with Gasteiger partial charge in [0, 0.05) is 11.3 Å². The molecule has 0 amide bonds. The van der Waals surface area contributed by atoms with E-state index in [0.717, 1.165) is 22.7 Å². The fourth-order valence-corrected chi connectivity index (χ4v) is 4.38. The van der Waals surface area contributed by atoms with Crippen LogP contribution in [-0.2, 0) is 12.8 Å². The number of rotatable bonds is 1. The van der Waals surface area contributed by atoms with Gasteiger partial charge in [-0.1, -0.05) is 13.8 Å². The Labute approximate surface area is 115 Å². The Hall–Kier alpha value is -1.49. The van der Waals surface area contributed by atoms with Gasteiger partial charge in [-0.05, 0) is 30.7 Å². The minimum Gasteiger partial charge on any atom is -0.225 e. The molecule has 5 heteroatoms. The number of fused-ring (bicyclic) bond motifs is 5. The standard InChI is InChI=1S/C14H16N4S/c1-3-10-16-13-12-11-8(2)5-4-6-9(11)19-14(12)15-7-18(13)17-10/h7-8H,3-6H2,1-2H3/t8-/m0/s1. The number of aromatic nitrogens is 4. The van der Waals surface area contributed by atoms with Crippen LogP contribution in [-0.4, -0.2) is 19.6 Å². The number of thiophene rings is 1. The minimum absolute atomic E-state index is 0.618. The molecule has 4 nitrogen and oxygen atoms in total. The number of aryl methyl sites for hydroxylation is 2. The molecule has 1 atom stereocenters. The van der Waals surface area contributed by atoms with Gasteiger partial charge in [-0.15, -0.1) is 16.4 Å². The van der Waals surface area contributed by atoms with Gasteiger partial charge in [0.05, 0.1) is 5.39 Å². The zero-order valence-corrected chi connectivity index (χ0v) is 12.0. The van der Waals surface area contributed by atoms with E-state index in [-0.39, 0.29) is 0 Å². The maximum atomic E-state index is 4.69. The number of hydrogen-bond donors (Lipinski definition) is 0. The summed E-state index contributed by atoms with van der Waals surface area (Å²) in [5.74, 6) is 1.52. The molecule has 0 saturated heterocycles. The Balaban J connectivity index is 2.13. The molecule has 3 heterocycles. The molecule has 0 fully saturated rings. The lowest BCUT2D eigenvalue weighted by Gasteiger charge is -2.18. The van der Waals surface area contributed by atoms with Crippen LogP contribution in [0, 0.1) is 0 Å². The summed E-state index contributed by atoms with van der Waals surface area (Å²) in [6.45, 7) is 4.41. The molecule has 3 aromatic heterocycles. The SMILES string of the molecule is CCc1nc2c3c4c(sc3ncn2n1)CCC[C@@H]4C. The number of nitrogens with zero attached hydrogens (tertiary/aromatic N) is 4. The fraction of sp³-hybridized carbons (Fsp3) is 0.500. The lowest BCUT2D eigenvalue weighted by molar-refractivity contribution is 0.602. The van der Waals surface area contributed by atoms with E-state index in [0.29, 0.717) is 5.92 Å². The van der Waals surface area contributed by atoms with Gasteiger partial charge >= 0.3 is 0 Å². The lowest BCUT2D eigenvalue weighted by Crippen LogP contribution is -2.04. The zero-order chi connectivity index (χ0) is 13.0. The van der Waals surface area contributed by atoms with Gasteiger partial charge in [0.1, 0.15) is 11.2 Å². The molecule has 0 aliphatic heterocycles. The van der Waals surface area contributed by atoms with Crippen LogP contribution >= 0.6 is 11.3 Å². The molecule has 19 heavy (non-hydrogen) atoms. The minimum atomic E-state index is 0.618. The van der Waals surface area contributed by atoms with Crippen molar-refractivity contribution >= 4 is 27.2 Å². The molecule has 3 aromatic rings. The Morgan fingerprint density at radius 1 is 1.47 bits per heavy atom. The van der Waals surface area contributed by atoms with Crippen molar-refractivity contribution in [1.82, 2.24) is 19.6 Å². The van der Waals surface area contributed by atoms with Crippen molar-refractivity contribution in [2.45, 2.75) is 45.4 Å². The molecule has 98 valence electrons. The molecule has 1 aliphatic rings. The van der Waals surface area contributed by atoms with Crippen LogP contribution in [0.3, 0.4) is 0 Å². The topological polar surface area (TPSA) is 43.1 Å². The van der Waals surface area contributed by atoms with Crippen molar-refractivity contribution in [1.29, 1.82) is 0 Å². The summed E-state index contributed by atoms with van der Waals surface area (Å²) >= 11 is 1.84. The van der Waals surface area contributed by atoms with Crippen LogP contribution in [0.4, 0.5) is 0 Å². The van der Waals surface area contributed by atoms with E-state index >= 15 is 0 Å². The van der Waals surface area contributed by atoms with Crippen LogP contribution in [0.25, 0.3) is 15.9 Å². The number of hydrogen-bond acceptors (Lipinski definition) is 4. The van der Waals surface area contributed by atoms with E-state index in [4.69, 9.17) is 4.98 Å². The van der Waals surface area contributed by atoms with Crippen LogP contribution in [0.15, 0.2) is 6.33 Å². The highest BCUT2D eigenvalue weighted by atomic mass is 32.1. The highest BCUT2D eigenvalue weighted by Gasteiger charge is 2.24. The second-order valence-electron chi connectivity index (χ2n) is 5.31. The predicted octanol–water partition coefficient (Wildman–Crippen LogP) is 3.34. The second-order valence-corrected chi connectivity index (χ2v) is 6.39. The summed E-state index contributed by atoms with van der Waals surface area (Å²) in [6.07, 6.45) is 6.43. The molecule has 0 N–H and O–H groups in total. The first-order chi connectivity index (χ1) is 9.28. The molecule has 1 aliphatic carbocycles. The Morgan fingerprint density at radius 3 is 3.21 bits per heavy atom. The third kappa shape index (κ3) is 1.54. The lowest BCUT2D eigenvalue weighted by atomic mass is 9.87. The summed E-state index contributed by atoms with van der Waals surface area (Å²) in [5.41, 5.74) is 2.48. The van der Waals surface area contributed by atoms with Crippen molar-refractivity contribution < 1.29 is 0 Å². The van der Waals surface area contributed by atoms with Gasteiger partial charge < -0.3 is 0 Å². The summed E-state index contributed by atoms with van der Waals surface area (Å²) in [7, 11) is 0. The fourth-order valence-electron chi connectivity index (χ4n) is 3.08. The Bertz CT molecular complexity index is 771. The maximum Gasteiger partial charge on any atom is 0.167 e. The normalized spacial score (nSPS) is 19.2. The predicted molar refractivity (Wildman–Crippen MR) is 76.9 cm³/mol. The quantitative estimate of drug-likeness (QED) is 0.682. The van der Waals surface area contributed by atoms with Gasteiger partial charge in [0.25, 0.3) is 0 Å². The van der Waals surface area contributed by atoms with Gasteiger partial charge in [-0.3, -0.25) is 0 Å². The Morgan fingerprint density at radius 2 is 2.37 bits per heavy atom. The van der Waals surface area contributed by atoms with Crippen molar-refractivity contribution in [2.24, 2.45) is 0 Å². The third-order valence-corrected chi connectivity index (χ3v) is 5.21.